The summed E-state index contributed by atoms with van der Waals surface area (Å²) in [6, 6.07) is 12.2. The molecule has 3 heterocycles. The topological polar surface area (TPSA) is 62.2 Å². The molecule has 4 rings (SSSR count). The van der Waals surface area contributed by atoms with E-state index in [1.54, 1.807) is 36.7 Å². The van der Waals surface area contributed by atoms with Crippen molar-refractivity contribution in [3.05, 3.63) is 78.0 Å². The summed E-state index contributed by atoms with van der Waals surface area (Å²) in [6.07, 6.45) is 8.56. The van der Waals surface area contributed by atoms with Crippen molar-refractivity contribution >= 4 is 17.4 Å². The summed E-state index contributed by atoms with van der Waals surface area (Å²) in [6.45, 7) is 1.50. The Kier molecular flexibility index (Phi) is 4.78. The van der Waals surface area contributed by atoms with Crippen LogP contribution in [-0.2, 0) is 12.8 Å². The molecule has 0 saturated carbocycles. The minimum atomic E-state index is -0.120. The lowest BCUT2D eigenvalue weighted by Gasteiger charge is -2.19. The number of aromatic nitrogens is 3. The van der Waals surface area contributed by atoms with Crippen molar-refractivity contribution in [3.63, 3.8) is 0 Å². The Hall–Kier alpha value is -3.28. The fraction of sp³-hybridized carbons (Fsp3) is 0.238. The maximum absolute atomic E-state index is 12.6. The number of amides is 1. The zero-order valence-corrected chi connectivity index (χ0v) is 15.2. The highest BCUT2D eigenvalue weighted by Gasteiger charge is 2.21. The van der Waals surface area contributed by atoms with E-state index in [-0.39, 0.29) is 5.91 Å². The first kappa shape index (κ1) is 17.1. The molecule has 0 fully saturated rings. The smallest absolute Gasteiger partial charge is 0.273 e. The van der Waals surface area contributed by atoms with Gasteiger partial charge in [0, 0.05) is 38.2 Å². The molecular formula is C21H21N5O. The minimum Gasteiger partial charge on any atom is -0.340 e. The predicted octanol–water partition coefficient (Wildman–Crippen LogP) is 2.88. The van der Waals surface area contributed by atoms with E-state index in [0.29, 0.717) is 12.2 Å². The van der Waals surface area contributed by atoms with E-state index in [4.69, 9.17) is 0 Å². The highest BCUT2D eigenvalue weighted by molar-refractivity contribution is 5.92. The molecule has 1 aromatic carbocycles. The Labute approximate surface area is 158 Å². The first-order valence-corrected chi connectivity index (χ1v) is 9.04. The molecule has 0 radical (unpaired) electrons. The lowest BCUT2D eigenvalue weighted by atomic mass is 10.2. The summed E-state index contributed by atoms with van der Waals surface area (Å²) in [5.74, 6) is 0.654. The molecule has 0 saturated heterocycles. The standard InChI is InChI=1S/C21H21N5O/c1-25(12-8-16-6-10-22-11-7-16)21(27)18-14-24-20(15-23-18)26-13-9-17-4-2-3-5-19(17)26/h2-7,10-11,14-15H,8-9,12-13H2,1H3. The van der Waals surface area contributed by atoms with Gasteiger partial charge in [0.05, 0.1) is 12.4 Å². The first-order chi connectivity index (χ1) is 13.2. The summed E-state index contributed by atoms with van der Waals surface area (Å²) in [5, 5.41) is 0. The molecule has 0 unspecified atom stereocenters. The van der Waals surface area contributed by atoms with E-state index in [1.165, 1.54) is 11.3 Å². The van der Waals surface area contributed by atoms with Crippen LogP contribution in [0.4, 0.5) is 11.5 Å². The fourth-order valence-corrected chi connectivity index (χ4v) is 3.29. The Morgan fingerprint density at radius 2 is 1.93 bits per heavy atom. The second-order valence-electron chi connectivity index (χ2n) is 6.62. The van der Waals surface area contributed by atoms with E-state index in [1.807, 2.05) is 18.2 Å². The van der Waals surface area contributed by atoms with Gasteiger partial charge in [-0.05, 0) is 42.2 Å². The molecule has 1 aliphatic heterocycles. The van der Waals surface area contributed by atoms with Crippen molar-refractivity contribution in [2.75, 3.05) is 25.0 Å². The van der Waals surface area contributed by atoms with Gasteiger partial charge in [0.15, 0.2) is 5.82 Å². The number of para-hydroxylation sites is 1. The van der Waals surface area contributed by atoms with Gasteiger partial charge in [0.2, 0.25) is 0 Å². The van der Waals surface area contributed by atoms with Crippen LogP contribution in [0, 0.1) is 0 Å². The van der Waals surface area contributed by atoms with Crippen molar-refractivity contribution < 1.29 is 4.79 Å². The van der Waals surface area contributed by atoms with E-state index >= 15 is 0 Å². The van der Waals surface area contributed by atoms with Gasteiger partial charge in [-0.3, -0.25) is 9.78 Å². The average Bonchev–Trinajstić information content (AvgIpc) is 3.16. The van der Waals surface area contributed by atoms with E-state index in [9.17, 15) is 4.79 Å². The van der Waals surface area contributed by atoms with Crippen LogP contribution in [0.25, 0.3) is 0 Å². The monoisotopic (exact) mass is 359 g/mol. The van der Waals surface area contributed by atoms with Crippen LogP contribution in [-0.4, -0.2) is 45.9 Å². The van der Waals surface area contributed by atoms with Crippen molar-refractivity contribution in [2.45, 2.75) is 12.8 Å². The minimum absolute atomic E-state index is 0.120. The number of fused-ring (bicyclic) bond motifs is 1. The Morgan fingerprint density at radius 3 is 2.70 bits per heavy atom. The van der Waals surface area contributed by atoms with Gasteiger partial charge in [-0.15, -0.1) is 0 Å². The maximum Gasteiger partial charge on any atom is 0.273 e. The zero-order chi connectivity index (χ0) is 18.6. The molecule has 0 aliphatic carbocycles. The highest BCUT2D eigenvalue weighted by atomic mass is 16.2. The second-order valence-corrected chi connectivity index (χ2v) is 6.62. The number of likely N-dealkylation sites (N-methyl/N-ethyl adjacent to an activating group) is 1. The van der Waals surface area contributed by atoms with Crippen molar-refractivity contribution in [2.24, 2.45) is 0 Å². The molecule has 0 atom stereocenters. The summed E-state index contributed by atoms with van der Waals surface area (Å²) in [4.78, 5) is 29.3. The van der Waals surface area contributed by atoms with Crippen molar-refractivity contribution in [1.82, 2.24) is 19.9 Å². The third kappa shape index (κ3) is 3.65. The molecule has 136 valence electrons. The maximum atomic E-state index is 12.6. The van der Waals surface area contributed by atoms with Crippen LogP contribution in [0.15, 0.2) is 61.2 Å². The number of hydrogen-bond acceptors (Lipinski definition) is 5. The summed E-state index contributed by atoms with van der Waals surface area (Å²) in [7, 11) is 1.79. The van der Waals surface area contributed by atoms with Crippen LogP contribution in [0.5, 0.6) is 0 Å². The lowest BCUT2D eigenvalue weighted by molar-refractivity contribution is 0.0790. The average molecular weight is 359 g/mol. The molecule has 0 N–H and O–H groups in total. The third-order valence-electron chi connectivity index (χ3n) is 4.85. The number of anilines is 2. The number of hydrogen-bond donors (Lipinski definition) is 0. The number of rotatable bonds is 5. The molecule has 6 nitrogen and oxygen atoms in total. The Morgan fingerprint density at radius 1 is 1.11 bits per heavy atom. The number of benzene rings is 1. The van der Waals surface area contributed by atoms with Crippen LogP contribution in [0.2, 0.25) is 0 Å². The van der Waals surface area contributed by atoms with Crippen LogP contribution in [0.3, 0.4) is 0 Å². The Bertz CT molecular complexity index is 927. The van der Waals surface area contributed by atoms with Crippen LogP contribution in [0.1, 0.15) is 21.6 Å². The number of nitrogens with zero attached hydrogens (tertiary/aromatic N) is 5. The Balaban J connectivity index is 1.42. The molecule has 0 bridgehead atoms. The zero-order valence-electron chi connectivity index (χ0n) is 15.2. The molecule has 27 heavy (non-hydrogen) atoms. The SMILES string of the molecule is CN(CCc1ccncc1)C(=O)c1cnc(N2CCc3ccccc32)cn1. The van der Waals surface area contributed by atoms with Gasteiger partial charge in [-0.25, -0.2) is 9.97 Å². The number of pyridine rings is 1. The number of carbonyl (C=O) groups excluding carboxylic acids is 1. The highest BCUT2D eigenvalue weighted by Crippen LogP contribution is 2.32. The summed E-state index contributed by atoms with van der Waals surface area (Å²) in [5.41, 5.74) is 4.00. The summed E-state index contributed by atoms with van der Waals surface area (Å²) < 4.78 is 0. The van der Waals surface area contributed by atoms with Gasteiger partial charge < -0.3 is 9.80 Å². The largest absolute Gasteiger partial charge is 0.340 e. The first-order valence-electron chi connectivity index (χ1n) is 9.04. The van der Waals surface area contributed by atoms with Crippen LogP contribution < -0.4 is 4.90 Å². The molecule has 1 amide bonds. The van der Waals surface area contributed by atoms with Gasteiger partial charge in [0.25, 0.3) is 5.91 Å². The van der Waals surface area contributed by atoms with Gasteiger partial charge in [-0.1, -0.05) is 18.2 Å². The second kappa shape index (κ2) is 7.53. The molecule has 0 spiro atoms. The fourth-order valence-electron chi connectivity index (χ4n) is 3.29. The predicted molar refractivity (Wildman–Crippen MR) is 104 cm³/mol. The van der Waals surface area contributed by atoms with E-state index in [2.05, 4.69) is 38.1 Å². The molecule has 2 aromatic heterocycles. The third-order valence-corrected chi connectivity index (χ3v) is 4.85. The quantitative estimate of drug-likeness (QED) is 0.701. The molecule has 6 heteroatoms. The lowest BCUT2D eigenvalue weighted by Crippen LogP contribution is -2.29. The van der Waals surface area contributed by atoms with Crippen molar-refractivity contribution in [3.8, 4) is 0 Å². The van der Waals surface area contributed by atoms with Gasteiger partial charge >= 0.3 is 0 Å². The normalized spacial score (nSPS) is 12.7. The number of carbonyl (C=O) groups is 1. The van der Waals surface area contributed by atoms with Crippen LogP contribution >= 0.6 is 0 Å². The van der Waals surface area contributed by atoms with E-state index in [0.717, 1.165) is 30.8 Å². The van der Waals surface area contributed by atoms with Gasteiger partial charge in [0.1, 0.15) is 5.69 Å². The van der Waals surface area contributed by atoms with E-state index < -0.39 is 0 Å². The molecule has 1 aliphatic rings. The molecule has 3 aromatic rings. The van der Waals surface area contributed by atoms with Crippen molar-refractivity contribution in [1.29, 1.82) is 0 Å². The summed E-state index contributed by atoms with van der Waals surface area (Å²) >= 11 is 0. The van der Waals surface area contributed by atoms with Gasteiger partial charge in [-0.2, -0.15) is 0 Å². The molecular weight excluding hydrogens is 338 g/mol.